The summed E-state index contributed by atoms with van der Waals surface area (Å²) in [6.07, 6.45) is 5.86. The Labute approximate surface area is 121 Å². The van der Waals surface area contributed by atoms with Gasteiger partial charge in [0.1, 0.15) is 5.54 Å². The van der Waals surface area contributed by atoms with E-state index >= 15 is 0 Å². The number of nitrogens with two attached hydrogens (primary N) is 1. The van der Waals surface area contributed by atoms with Crippen LogP contribution < -0.4 is 5.73 Å². The maximum atomic E-state index is 11.7. The molecular weight excluding hydrogens is 256 g/mol. The van der Waals surface area contributed by atoms with Crippen LogP contribution in [0.5, 0.6) is 0 Å². The molecule has 0 spiro atoms. The van der Waals surface area contributed by atoms with Gasteiger partial charge in [0.25, 0.3) is 0 Å². The van der Waals surface area contributed by atoms with Crippen LogP contribution in [-0.4, -0.2) is 54.9 Å². The lowest BCUT2D eigenvalue weighted by atomic mass is 9.87. The van der Waals surface area contributed by atoms with Gasteiger partial charge >= 0.3 is 5.97 Å². The van der Waals surface area contributed by atoms with E-state index in [-0.39, 0.29) is 12.0 Å². The van der Waals surface area contributed by atoms with Crippen LogP contribution >= 0.6 is 0 Å². The van der Waals surface area contributed by atoms with Crippen molar-refractivity contribution in [3.05, 3.63) is 0 Å². The SMILES string of the molecule is COC(=O)C(C)(N)CC(C)N1CCOC2CCCCC21. The van der Waals surface area contributed by atoms with Gasteiger partial charge in [-0.1, -0.05) is 12.8 Å². The molecular formula is C15H28N2O3. The standard InChI is InChI=1S/C15H28N2O3/c1-11(10-15(2,16)14(18)19-3)17-8-9-20-13-7-5-4-6-12(13)17/h11-13H,4-10,16H2,1-3H3. The van der Waals surface area contributed by atoms with E-state index in [1.165, 1.54) is 26.4 Å². The normalized spacial score (nSPS) is 32.0. The summed E-state index contributed by atoms with van der Waals surface area (Å²) >= 11 is 0. The van der Waals surface area contributed by atoms with Crippen molar-refractivity contribution in [2.45, 2.75) is 69.7 Å². The zero-order valence-electron chi connectivity index (χ0n) is 12.9. The number of morpholine rings is 1. The second-order valence-corrected chi connectivity index (χ2v) is 6.46. The van der Waals surface area contributed by atoms with Crippen molar-refractivity contribution in [3.8, 4) is 0 Å². The van der Waals surface area contributed by atoms with Crippen LogP contribution in [0.25, 0.3) is 0 Å². The largest absolute Gasteiger partial charge is 0.468 e. The lowest BCUT2D eigenvalue weighted by molar-refractivity contribution is -0.148. The van der Waals surface area contributed by atoms with Crippen LogP contribution in [0.15, 0.2) is 0 Å². The van der Waals surface area contributed by atoms with Crippen LogP contribution in [-0.2, 0) is 14.3 Å². The molecule has 1 aliphatic heterocycles. The third-order valence-electron chi connectivity index (χ3n) is 4.71. The molecule has 0 aromatic heterocycles. The Morgan fingerprint density at radius 2 is 2.20 bits per heavy atom. The van der Waals surface area contributed by atoms with Crippen molar-refractivity contribution in [3.63, 3.8) is 0 Å². The maximum absolute atomic E-state index is 11.7. The number of carbonyl (C=O) groups excluding carboxylic acids is 1. The number of carbonyl (C=O) groups is 1. The minimum absolute atomic E-state index is 0.263. The van der Waals surface area contributed by atoms with Crippen LogP contribution in [0.3, 0.4) is 0 Å². The quantitative estimate of drug-likeness (QED) is 0.788. The molecule has 2 rings (SSSR count). The molecule has 1 aliphatic carbocycles. The first kappa shape index (κ1) is 15.7. The van der Waals surface area contributed by atoms with Crippen molar-refractivity contribution in [1.82, 2.24) is 4.90 Å². The summed E-state index contributed by atoms with van der Waals surface area (Å²) in [6.45, 7) is 5.63. The van der Waals surface area contributed by atoms with Crippen molar-refractivity contribution >= 4 is 5.97 Å². The number of nitrogens with zero attached hydrogens (tertiary/aromatic N) is 1. The highest BCUT2D eigenvalue weighted by Gasteiger charge is 2.39. The minimum Gasteiger partial charge on any atom is -0.468 e. The van der Waals surface area contributed by atoms with E-state index in [2.05, 4.69) is 11.8 Å². The lowest BCUT2D eigenvalue weighted by Gasteiger charge is -2.47. The highest BCUT2D eigenvalue weighted by Crippen LogP contribution is 2.31. The van der Waals surface area contributed by atoms with Gasteiger partial charge in [-0.05, 0) is 33.1 Å². The molecule has 1 heterocycles. The number of hydrogen-bond acceptors (Lipinski definition) is 5. The van der Waals surface area contributed by atoms with Crippen LogP contribution in [0.2, 0.25) is 0 Å². The Balaban J connectivity index is 2.00. The van der Waals surface area contributed by atoms with E-state index in [0.717, 1.165) is 19.6 Å². The first-order valence-corrected chi connectivity index (χ1v) is 7.70. The van der Waals surface area contributed by atoms with E-state index in [1.54, 1.807) is 6.92 Å². The molecule has 1 saturated heterocycles. The summed E-state index contributed by atoms with van der Waals surface area (Å²) in [7, 11) is 1.39. The zero-order chi connectivity index (χ0) is 14.8. The average Bonchev–Trinajstić information content (AvgIpc) is 2.45. The maximum Gasteiger partial charge on any atom is 0.325 e. The van der Waals surface area contributed by atoms with E-state index < -0.39 is 5.54 Å². The van der Waals surface area contributed by atoms with Gasteiger partial charge in [0.2, 0.25) is 0 Å². The van der Waals surface area contributed by atoms with Gasteiger partial charge in [-0.2, -0.15) is 0 Å². The number of fused-ring (bicyclic) bond motifs is 1. The highest BCUT2D eigenvalue weighted by atomic mass is 16.5. The molecule has 0 aromatic carbocycles. The fourth-order valence-electron chi connectivity index (χ4n) is 3.72. The van der Waals surface area contributed by atoms with Gasteiger partial charge in [-0.3, -0.25) is 9.69 Å². The third kappa shape index (κ3) is 3.32. The Morgan fingerprint density at radius 3 is 2.90 bits per heavy atom. The molecule has 4 unspecified atom stereocenters. The van der Waals surface area contributed by atoms with Crippen LogP contribution in [0.4, 0.5) is 0 Å². The third-order valence-corrected chi connectivity index (χ3v) is 4.71. The molecule has 4 atom stereocenters. The smallest absolute Gasteiger partial charge is 0.325 e. The highest BCUT2D eigenvalue weighted by molar-refractivity contribution is 5.79. The van der Waals surface area contributed by atoms with Crippen LogP contribution in [0, 0.1) is 0 Å². The Kier molecular flexibility index (Phi) is 5.04. The van der Waals surface area contributed by atoms with Gasteiger partial charge < -0.3 is 15.2 Å². The van der Waals surface area contributed by atoms with Gasteiger partial charge in [-0.25, -0.2) is 0 Å². The number of ether oxygens (including phenoxy) is 2. The molecule has 20 heavy (non-hydrogen) atoms. The Morgan fingerprint density at radius 1 is 1.50 bits per heavy atom. The van der Waals surface area contributed by atoms with E-state index in [9.17, 15) is 4.79 Å². The van der Waals surface area contributed by atoms with Crippen molar-refractivity contribution in [1.29, 1.82) is 0 Å². The molecule has 2 aliphatic rings. The lowest BCUT2D eigenvalue weighted by Crippen LogP contribution is -2.58. The first-order chi connectivity index (χ1) is 9.45. The van der Waals surface area contributed by atoms with Crippen molar-refractivity contribution in [2.24, 2.45) is 5.73 Å². The van der Waals surface area contributed by atoms with Gasteiger partial charge in [0.15, 0.2) is 0 Å². The topological polar surface area (TPSA) is 64.8 Å². The number of rotatable bonds is 4. The Bertz CT molecular complexity index is 344. The molecule has 5 heteroatoms. The van der Waals surface area contributed by atoms with E-state index in [4.69, 9.17) is 15.2 Å². The summed E-state index contributed by atoms with van der Waals surface area (Å²) in [4.78, 5) is 14.2. The monoisotopic (exact) mass is 284 g/mol. The predicted octanol–water partition coefficient (Wildman–Crippen LogP) is 1.30. The molecule has 2 N–H and O–H groups in total. The zero-order valence-corrected chi connectivity index (χ0v) is 12.9. The van der Waals surface area contributed by atoms with Crippen molar-refractivity contribution in [2.75, 3.05) is 20.3 Å². The number of hydrogen-bond donors (Lipinski definition) is 1. The van der Waals surface area contributed by atoms with Gasteiger partial charge in [-0.15, -0.1) is 0 Å². The van der Waals surface area contributed by atoms with E-state index in [1.807, 2.05) is 0 Å². The average molecular weight is 284 g/mol. The van der Waals surface area contributed by atoms with E-state index in [0.29, 0.717) is 18.6 Å². The van der Waals surface area contributed by atoms with Gasteiger partial charge in [0.05, 0.1) is 19.8 Å². The molecule has 0 aromatic rings. The predicted molar refractivity (Wildman–Crippen MR) is 77.4 cm³/mol. The summed E-state index contributed by atoms with van der Waals surface area (Å²) in [5, 5.41) is 0. The summed E-state index contributed by atoms with van der Waals surface area (Å²) in [6, 6.07) is 0.750. The Hall–Kier alpha value is -0.650. The van der Waals surface area contributed by atoms with Gasteiger partial charge in [0, 0.05) is 18.6 Å². The summed E-state index contributed by atoms with van der Waals surface area (Å²) in [5.41, 5.74) is 5.19. The van der Waals surface area contributed by atoms with Crippen molar-refractivity contribution < 1.29 is 14.3 Å². The number of methoxy groups -OCH3 is 1. The molecule has 5 nitrogen and oxygen atoms in total. The summed E-state index contributed by atoms with van der Waals surface area (Å²) in [5.74, 6) is -0.335. The minimum atomic E-state index is -0.920. The summed E-state index contributed by atoms with van der Waals surface area (Å²) < 4.78 is 10.7. The molecule has 2 fully saturated rings. The second kappa shape index (κ2) is 6.41. The molecule has 0 bridgehead atoms. The van der Waals surface area contributed by atoms with Crippen LogP contribution in [0.1, 0.15) is 46.0 Å². The fourth-order valence-corrected chi connectivity index (χ4v) is 3.72. The molecule has 0 radical (unpaired) electrons. The molecule has 1 saturated carbocycles. The fraction of sp³-hybridized carbons (Fsp3) is 0.933. The number of esters is 1. The first-order valence-electron chi connectivity index (χ1n) is 7.70. The molecule has 116 valence electrons. The molecule has 0 amide bonds. The second-order valence-electron chi connectivity index (χ2n) is 6.46.